The smallest absolute Gasteiger partial charge is 0.156 e. The van der Waals surface area contributed by atoms with E-state index >= 15 is 0 Å². The Bertz CT molecular complexity index is 322. The predicted molar refractivity (Wildman–Crippen MR) is 60.0 cm³/mol. The van der Waals surface area contributed by atoms with E-state index in [9.17, 15) is 4.79 Å². The third-order valence-corrected chi connectivity index (χ3v) is 2.12. The highest BCUT2D eigenvalue weighted by atomic mass is 16.1. The molecule has 0 saturated carbocycles. The van der Waals surface area contributed by atoms with Crippen molar-refractivity contribution >= 4 is 11.4 Å². The van der Waals surface area contributed by atoms with Gasteiger partial charge in [0.05, 0.1) is 0 Å². The number of ketones is 1. The highest BCUT2D eigenvalue weighted by Gasteiger charge is 2.12. The maximum atomic E-state index is 11.0. The normalized spacial score (nSPS) is 14.4. The molecule has 0 bridgehead atoms. The minimum Gasteiger partial charge on any atom is -0.295 e. The summed E-state index contributed by atoms with van der Waals surface area (Å²) in [5.74, 6) is 0.258. The van der Waals surface area contributed by atoms with Gasteiger partial charge < -0.3 is 0 Å². The molecule has 0 spiro atoms. The van der Waals surface area contributed by atoms with Crippen LogP contribution in [0.1, 0.15) is 32.3 Å². The zero-order valence-corrected chi connectivity index (χ0v) is 8.79. The molecule has 1 aliphatic carbocycles. The molecule has 1 heteroatoms. The second-order valence-electron chi connectivity index (χ2n) is 3.00. The van der Waals surface area contributed by atoms with E-state index in [-0.39, 0.29) is 5.78 Å². The molecule has 0 saturated heterocycles. The number of allylic oxidation sites excluding steroid dienone is 2. The van der Waals surface area contributed by atoms with Gasteiger partial charge in [-0.15, -0.1) is 0 Å². The first-order chi connectivity index (χ1) is 6.86. The Morgan fingerprint density at radius 1 is 1.00 bits per heavy atom. The maximum Gasteiger partial charge on any atom is 0.156 e. The molecular weight excluding hydrogens is 172 g/mol. The molecule has 0 amide bonds. The number of carbonyl (C=O) groups is 1. The van der Waals surface area contributed by atoms with E-state index in [0.717, 1.165) is 6.42 Å². The van der Waals surface area contributed by atoms with Crippen molar-refractivity contribution in [3.05, 3.63) is 42.0 Å². The van der Waals surface area contributed by atoms with Gasteiger partial charge in [0, 0.05) is 6.42 Å². The van der Waals surface area contributed by atoms with E-state index in [4.69, 9.17) is 0 Å². The van der Waals surface area contributed by atoms with Gasteiger partial charge in [-0.3, -0.25) is 4.79 Å². The largest absolute Gasteiger partial charge is 0.295 e. The highest BCUT2D eigenvalue weighted by molar-refractivity contribution is 6.01. The Kier molecular flexibility index (Phi) is 4.11. The molecule has 0 aliphatic heterocycles. The van der Waals surface area contributed by atoms with E-state index < -0.39 is 0 Å². The molecule has 0 unspecified atom stereocenters. The van der Waals surface area contributed by atoms with Gasteiger partial charge in [-0.05, 0) is 23.6 Å². The fourth-order valence-corrected chi connectivity index (χ4v) is 1.48. The van der Waals surface area contributed by atoms with E-state index in [0.29, 0.717) is 6.42 Å². The van der Waals surface area contributed by atoms with Crippen LogP contribution in [0.3, 0.4) is 0 Å². The lowest BCUT2D eigenvalue weighted by molar-refractivity contribution is -0.114. The van der Waals surface area contributed by atoms with Gasteiger partial charge >= 0.3 is 0 Å². The lowest BCUT2D eigenvalue weighted by Gasteiger charge is -1.98. The summed E-state index contributed by atoms with van der Waals surface area (Å²) in [5, 5.41) is 0. The average molecular weight is 188 g/mol. The van der Waals surface area contributed by atoms with Crippen LogP contribution in [0, 0.1) is 0 Å². The number of hydrogen-bond donors (Lipinski definition) is 0. The van der Waals surface area contributed by atoms with Gasteiger partial charge in [0.25, 0.3) is 0 Å². The third-order valence-electron chi connectivity index (χ3n) is 2.12. The van der Waals surface area contributed by atoms with Crippen LogP contribution in [-0.2, 0) is 4.79 Å². The molecule has 1 aromatic rings. The molecule has 0 N–H and O–H groups in total. The van der Waals surface area contributed by atoms with Crippen molar-refractivity contribution < 1.29 is 4.79 Å². The SMILES string of the molecule is CC.O=C1C=C(c2ccccc2)CC1. The number of benzene rings is 1. The Morgan fingerprint density at radius 2 is 1.64 bits per heavy atom. The molecule has 0 aromatic heterocycles. The van der Waals surface area contributed by atoms with E-state index in [1.807, 2.05) is 44.2 Å². The van der Waals surface area contributed by atoms with Crippen molar-refractivity contribution in [1.29, 1.82) is 0 Å². The molecule has 2 rings (SSSR count). The molecule has 1 aliphatic rings. The first-order valence-electron chi connectivity index (χ1n) is 5.15. The Morgan fingerprint density at radius 3 is 2.14 bits per heavy atom. The molecular formula is C13H16O. The Balaban J connectivity index is 0.000000461. The molecule has 14 heavy (non-hydrogen) atoms. The molecule has 0 heterocycles. The van der Waals surface area contributed by atoms with Crippen molar-refractivity contribution in [2.24, 2.45) is 0 Å². The van der Waals surface area contributed by atoms with Crippen molar-refractivity contribution in [3.8, 4) is 0 Å². The summed E-state index contributed by atoms with van der Waals surface area (Å²) in [5.41, 5.74) is 2.36. The van der Waals surface area contributed by atoms with Crippen molar-refractivity contribution in [2.75, 3.05) is 0 Å². The lowest BCUT2D eigenvalue weighted by atomic mass is 10.1. The maximum absolute atomic E-state index is 11.0. The summed E-state index contributed by atoms with van der Waals surface area (Å²) in [6, 6.07) is 10.1. The van der Waals surface area contributed by atoms with Gasteiger partial charge in [0.15, 0.2) is 5.78 Å². The fourth-order valence-electron chi connectivity index (χ4n) is 1.48. The predicted octanol–water partition coefficient (Wildman–Crippen LogP) is 3.46. The van der Waals surface area contributed by atoms with Crippen molar-refractivity contribution in [1.82, 2.24) is 0 Å². The van der Waals surface area contributed by atoms with E-state index in [1.165, 1.54) is 11.1 Å². The molecule has 74 valence electrons. The molecule has 0 atom stereocenters. The summed E-state index contributed by atoms with van der Waals surface area (Å²) in [4.78, 5) is 11.0. The van der Waals surface area contributed by atoms with Crippen molar-refractivity contribution in [3.63, 3.8) is 0 Å². The second-order valence-corrected chi connectivity index (χ2v) is 3.00. The third kappa shape index (κ3) is 2.56. The number of carbonyl (C=O) groups excluding carboxylic acids is 1. The fraction of sp³-hybridized carbons (Fsp3) is 0.308. The summed E-state index contributed by atoms with van der Waals surface area (Å²) < 4.78 is 0. The molecule has 1 nitrogen and oxygen atoms in total. The lowest BCUT2D eigenvalue weighted by Crippen LogP contribution is -1.80. The highest BCUT2D eigenvalue weighted by Crippen LogP contribution is 2.24. The van der Waals surface area contributed by atoms with Crippen LogP contribution >= 0.6 is 0 Å². The first-order valence-corrected chi connectivity index (χ1v) is 5.15. The monoisotopic (exact) mass is 188 g/mol. The van der Waals surface area contributed by atoms with Gasteiger partial charge in [-0.2, -0.15) is 0 Å². The van der Waals surface area contributed by atoms with Crippen LogP contribution in [-0.4, -0.2) is 5.78 Å². The van der Waals surface area contributed by atoms with Gasteiger partial charge in [-0.25, -0.2) is 0 Å². The quantitative estimate of drug-likeness (QED) is 0.659. The first kappa shape index (κ1) is 10.7. The molecule has 1 aromatic carbocycles. The Labute approximate surface area is 85.5 Å². The van der Waals surface area contributed by atoms with E-state index in [1.54, 1.807) is 6.08 Å². The summed E-state index contributed by atoms with van der Waals surface area (Å²) in [6.07, 6.45) is 3.35. The molecule has 0 fully saturated rings. The van der Waals surface area contributed by atoms with Crippen LogP contribution in [0.5, 0.6) is 0 Å². The van der Waals surface area contributed by atoms with Gasteiger partial charge in [-0.1, -0.05) is 44.2 Å². The van der Waals surface area contributed by atoms with Crippen LogP contribution in [0.25, 0.3) is 5.57 Å². The number of rotatable bonds is 1. The number of hydrogen-bond acceptors (Lipinski definition) is 1. The van der Waals surface area contributed by atoms with Gasteiger partial charge in [0.1, 0.15) is 0 Å². The minimum absolute atomic E-state index is 0.258. The van der Waals surface area contributed by atoms with Crippen LogP contribution in [0.4, 0.5) is 0 Å². The molecule has 0 radical (unpaired) electrons. The zero-order valence-electron chi connectivity index (χ0n) is 8.79. The van der Waals surface area contributed by atoms with Gasteiger partial charge in [0.2, 0.25) is 0 Å². The standard InChI is InChI=1S/C11H10O.C2H6/c12-11-7-6-10(8-11)9-4-2-1-3-5-9;1-2/h1-5,8H,6-7H2;1-2H3. The van der Waals surface area contributed by atoms with E-state index in [2.05, 4.69) is 0 Å². The zero-order chi connectivity index (χ0) is 10.4. The summed E-state index contributed by atoms with van der Waals surface area (Å²) >= 11 is 0. The van der Waals surface area contributed by atoms with Crippen LogP contribution in [0.15, 0.2) is 36.4 Å². The minimum atomic E-state index is 0.258. The topological polar surface area (TPSA) is 17.1 Å². The Hall–Kier alpha value is -1.37. The average Bonchev–Trinajstić information content (AvgIpc) is 2.69. The van der Waals surface area contributed by atoms with Crippen molar-refractivity contribution in [2.45, 2.75) is 26.7 Å². The van der Waals surface area contributed by atoms with Crippen LogP contribution in [0.2, 0.25) is 0 Å². The van der Waals surface area contributed by atoms with Crippen LogP contribution < -0.4 is 0 Å². The summed E-state index contributed by atoms with van der Waals surface area (Å²) in [7, 11) is 0. The second kappa shape index (κ2) is 5.38. The summed E-state index contributed by atoms with van der Waals surface area (Å²) in [6.45, 7) is 4.00.